The van der Waals surface area contributed by atoms with Crippen LogP contribution >= 0.6 is 0 Å². The Bertz CT molecular complexity index is 466. The van der Waals surface area contributed by atoms with Gasteiger partial charge in [0.15, 0.2) is 0 Å². The van der Waals surface area contributed by atoms with Gasteiger partial charge in [0.2, 0.25) is 5.95 Å². The predicted molar refractivity (Wildman–Crippen MR) is 50.9 cm³/mol. The fourth-order valence-electron chi connectivity index (χ4n) is 1.30. The van der Waals surface area contributed by atoms with E-state index in [9.17, 15) is 4.39 Å². The summed E-state index contributed by atoms with van der Waals surface area (Å²) in [5, 5.41) is 0.807. The number of nitrogen functional groups attached to an aromatic ring is 1. The van der Waals surface area contributed by atoms with E-state index in [1.54, 1.807) is 13.0 Å². The standard InChI is InChI=1S/C10H9FN2/c1-6-9(12)7-4-2-3-5-8(7)13-10(6)11/h2-5H,1H3,(H2,12,13). The van der Waals surface area contributed by atoms with Gasteiger partial charge in [-0.3, -0.25) is 0 Å². The Labute approximate surface area is 75.2 Å². The van der Waals surface area contributed by atoms with Gasteiger partial charge in [0.05, 0.1) is 5.52 Å². The molecule has 0 aliphatic rings. The van der Waals surface area contributed by atoms with E-state index >= 15 is 0 Å². The van der Waals surface area contributed by atoms with Gasteiger partial charge in [-0.05, 0) is 13.0 Å². The maximum absolute atomic E-state index is 13.1. The van der Waals surface area contributed by atoms with Crippen LogP contribution in [0, 0.1) is 12.9 Å². The molecule has 1 heterocycles. The van der Waals surface area contributed by atoms with Gasteiger partial charge < -0.3 is 5.73 Å². The fourth-order valence-corrected chi connectivity index (χ4v) is 1.30. The van der Waals surface area contributed by atoms with Crippen LogP contribution in [0.15, 0.2) is 24.3 Å². The molecule has 0 atom stereocenters. The number of para-hydroxylation sites is 1. The van der Waals surface area contributed by atoms with Crippen molar-refractivity contribution in [3.63, 3.8) is 0 Å². The molecular formula is C10H9FN2. The van der Waals surface area contributed by atoms with Gasteiger partial charge in [-0.1, -0.05) is 18.2 Å². The van der Waals surface area contributed by atoms with E-state index in [-0.39, 0.29) is 0 Å². The maximum Gasteiger partial charge on any atom is 0.218 e. The van der Waals surface area contributed by atoms with E-state index in [2.05, 4.69) is 4.98 Å². The molecule has 0 fully saturated rings. The summed E-state index contributed by atoms with van der Waals surface area (Å²) in [5.41, 5.74) is 7.23. The molecule has 0 aliphatic heterocycles. The van der Waals surface area contributed by atoms with Gasteiger partial charge in [0.25, 0.3) is 0 Å². The number of nitrogens with zero attached hydrogens (tertiary/aromatic N) is 1. The molecule has 2 nitrogen and oxygen atoms in total. The zero-order valence-corrected chi connectivity index (χ0v) is 7.21. The molecule has 2 rings (SSSR count). The van der Waals surface area contributed by atoms with Crippen molar-refractivity contribution in [2.24, 2.45) is 0 Å². The van der Waals surface area contributed by atoms with Crippen LogP contribution < -0.4 is 5.73 Å². The normalized spacial score (nSPS) is 10.6. The number of benzene rings is 1. The fraction of sp³-hybridized carbons (Fsp3) is 0.100. The molecule has 0 aliphatic carbocycles. The van der Waals surface area contributed by atoms with E-state index < -0.39 is 5.95 Å². The number of aromatic nitrogens is 1. The minimum atomic E-state index is -0.490. The zero-order chi connectivity index (χ0) is 9.42. The summed E-state index contributed by atoms with van der Waals surface area (Å²) < 4.78 is 13.1. The van der Waals surface area contributed by atoms with Crippen LogP contribution in [-0.4, -0.2) is 4.98 Å². The molecule has 0 spiro atoms. The molecule has 0 saturated heterocycles. The molecule has 2 N–H and O–H groups in total. The van der Waals surface area contributed by atoms with E-state index in [0.717, 1.165) is 5.39 Å². The second kappa shape index (κ2) is 2.69. The number of rotatable bonds is 0. The summed E-state index contributed by atoms with van der Waals surface area (Å²) in [6.07, 6.45) is 0. The molecule has 1 aromatic heterocycles. The Morgan fingerprint density at radius 1 is 1.31 bits per heavy atom. The van der Waals surface area contributed by atoms with Crippen molar-refractivity contribution in [3.05, 3.63) is 35.8 Å². The molecule has 0 amide bonds. The Balaban J connectivity index is 2.94. The third kappa shape index (κ3) is 1.13. The molecule has 0 bridgehead atoms. The molecule has 1 aromatic carbocycles. The van der Waals surface area contributed by atoms with Crippen molar-refractivity contribution < 1.29 is 4.39 Å². The topological polar surface area (TPSA) is 38.9 Å². The highest BCUT2D eigenvalue weighted by Crippen LogP contribution is 2.23. The lowest BCUT2D eigenvalue weighted by atomic mass is 10.1. The summed E-state index contributed by atoms with van der Waals surface area (Å²) in [7, 11) is 0. The lowest BCUT2D eigenvalue weighted by molar-refractivity contribution is 0.581. The maximum atomic E-state index is 13.1. The minimum Gasteiger partial charge on any atom is -0.398 e. The number of nitrogens with two attached hydrogens (primary N) is 1. The second-order valence-electron chi connectivity index (χ2n) is 2.96. The quantitative estimate of drug-likeness (QED) is 0.625. The van der Waals surface area contributed by atoms with Crippen LogP contribution in [0.4, 0.5) is 10.1 Å². The van der Waals surface area contributed by atoms with Gasteiger partial charge in [-0.25, -0.2) is 4.98 Å². The first kappa shape index (κ1) is 7.98. The van der Waals surface area contributed by atoms with Crippen LogP contribution in [0.3, 0.4) is 0 Å². The lowest BCUT2D eigenvalue weighted by Gasteiger charge is -2.04. The first-order valence-electron chi connectivity index (χ1n) is 4.00. The molecule has 13 heavy (non-hydrogen) atoms. The highest BCUT2D eigenvalue weighted by Gasteiger charge is 2.07. The first-order chi connectivity index (χ1) is 6.20. The zero-order valence-electron chi connectivity index (χ0n) is 7.21. The van der Waals surface area contributed by atoms with Crippen LogP contribution in [0.25, 0.3) is 10.9 Å². The Kier molecular flexibility index (Phi) is 1.65. The molecule has 0 unspecified atom stereocenters. The summed E-state index contributed by atoms with van der Waals surface area (Å²) in [6.45, 7) is 1.63. The molecule has 2 aromatic rings. The second-order valence-corrected chi connectivity index (χ2v) is 2.96. The van der Waals surface area contributed by atoms with Crippen LogP contribution in [0.5, 0.6) is 0 Å². The van der Waals surface area contributed by atoms with Crippen molar-refractivity contribution in [1.82, 2.24) is 4.98 Å². The molecular weight excluding hydrogens is 167 g/mol. The van der Waals surface area contributed by atoms with Crippen molar-refractivity contribution in [2.75, 3.05) is 5.73 Å². The predicted octanol–water partition coefficient (Wildman–Crippen LogP) is 2.26. The third-order valence-electron chi connectivity index (χ3n) is 2.13. The van der Waals surface area contributed by atoms with Crippen molar-refractivity contribution >= 4 is 16.6 Å². The van der Waals surface area contributed by atoms with Gasteiger partial charge in [-0.2, -0.15) is 4.39 Å². The first-order valence-corrected chi connectivity index (χ1v) is 4.00. The van der Waals surface area contributed by atoms with Crippen LogP contribution in [0.1, 0.15) is 5.56 Å². The molecule has 66 valence electrons. The molecule has 0 radical (unpaired) electrons. The lowest BCUT2D eigenvalue weighted by Crippen LogP contribution is -1.97. The van der Waals surface area contributed by atoms with E-state index in [4.69, 9.17) is 5.73 Å². The smallest absolute Gasteiger partial charge is 0.218 e. The van der Waals surface area contributed by atoms with E-state index in [1.807, 2.05) is 18.2 Å². The largest absolute Gasteiger partial charge is 0.398 e. The van der Waals surface area contributed by atoms with Gasteiger partial charge in [0, 0.05) is 16.6 Å². The number of hydrogen-bond acceptors (Lipinski definition) is 2. The number of anilines is 1. The van der Waals surface area contributed by atoms with Gasteiger partial charge in [-0.15, -0.1) is 0 Å². The number of pyridine rings is 1. The Hall–Kier alpha value is -1.64. The number of hydrogen-bond donors (Lipinski definition) is 1. The number of halogens is 1. The molecule has 0 saturated carbocycles. The Morgan fingerprint density at radius 2 is 2.00 bits per heavy atom. The summed E-state index contributed by atoms with van der Waals surface area (Å²) in [6, 6.07) is 7.25. The summed E-state index contributed by atoms with van der Waals surface area (Å²) >= 11 is 0. The minimum absolute atomic E-state index is 0.415. The summed E-state index contributed by atoms with van der Waals surface area (Å²) in [5.74, 6) is -0.490. The molecule has 3 heteroatoms. The summed E-state index contributed by atoms with van der Waals surface area (Å²) in [4.78, 5) is 3.79. The van der Waals surface area contributed by atoms with Gasteiger partial charge >= 0.3 is 0 Å². The van der Waals surface area contributed by atoms with Crippen molar-refractivity contribution in [2.45, 2.75) is 6.92 Å². The monoisotopic (exact) mass is 176 g/mol. The van der Waals surface area contributed by atoms with Gasteiger partial charge in [0.1, 0.15) is 0 Å². The third-order valence-corrected chi connectivity index (χ3v) is 2.13. The SMILES string of the molecule is Cc1c(F)nc2ccccc2c1N. The Morgan fingerprint density at radius 3 is 2.77 bits per heavy atom. The number of fused-ring (bicyclic) bond motifs is 1. The average Bonchev–Trinajstić information content (AvgIpc) is 2.15. The van der Waals surface area contributed by atoms with E-state index in [0.29, 0.717) is 16.8 Å². The van der Waals surface area contributed by atoms with Crippen molar-refractivity contribution in [3.8, 4) is 0 Å². The van der Waals surface area contributed by atoms with Crippen molar-refractivity contribution in [1.29, 1.82) is 0 Å². The van der Waals surface area contributed by atoms with Crippen LogP contribution in [0.2, 0.25) is 0 Å². The average molecular weight is 176 g/mol. The van der Waals surface area contributed by atoms with Crippen LogP contribution in [-0.2, 0) is 0 Å². The van der Waals surface area contributed by atoms with E-state index in [1.165, 1.54) is 0 Å². The highest BCUT2D eigenvalue weighted by atomic mass is 19.1. The highest BCUT2D eigenvalue weighted by molar-refractivity contribution is 5.91.